The lowest BCUT2D eigenvalue weighted by Crippen LogP contribution is -2.49. The maximum absolute atomic E-state index is 12.2. The van der Waals surface area contributed by atoms with Crippen molar-refractivity contribution in [1.82, 2.24) is 10.2 Å². The van der Waals surface area contributed by atoms with Gasteiger partial charge < -0.3 is 5.32 Å². The first kappa shape index (κ1) is 14.8. The molecule has 4 atom stereocenters. The van der Waals surface area contributed by atoms with Gasteiger partial charge in [-0.3, -0.25) is 9.69 Å². The van der Waals surface area contributed by atoms with Crippen molar-refractivity contribution in [1.29, 1.82) is 0 Å². The van der Waals surface area contributed by atoms with Crippen molar-refractivity contribution < 1.29 is 4.79 Å². The fourth-order valence-electron chi connectivity index (χ4n) is 3.62. The zero-order valence-corrected chi connectivity index (χ0v) is 12.8. The van der Waals surface area contributed by atoms with E-state index in [0.717, 1.165) is 18.9 Å². The Labute approximate surface area is 118 Å². The molecule has 1 amide bonds. The summed E-state index contributed by atoms with van der Waals surface area (Å²) < 4.78 is 0. The second-order valence-corrected chi connectivity index (χ2v) is 6.76. The van der Waals surface area contributed by atoms with Crippen LogP contribution in [0.25, 0.3) is 0 Å². The van der Waals surface area contributed by atoms with E-state index in [1.807, 2.05) is 0 Å². The highest BCUT2D eigenvalue weighted by molar-refractivity contribution is 5.78. The molecule has 2 rings (SSSR count). The molecule has 3 heteroatoms. The summed E-state index contributed by atoms with van der Waals surface area (Å²) in [6.45, 7) is 8.54. The molecular formula is C16H30N2O. The van der Waals surface area contributed by atoms with Crippen LogP contribution in [0.1, 0.15) is 59.3 Å². The topological polar surface area (TPSA) is 32.3 Å². The second kappa shape index (κ2) is 6.74. The molecule has 0 aromatic heterocycles. The zero-order valence-electron chi connectivity index (χ0n) is 12.8. The maximum Gasteiger partial charge on any atom is 0.234 e. The van der Waals surface area contributed by atoms with Gasteiger partial charge in [-0.1, -0.05) is 33.1 Å². The van der Waals surface area contributed by atoms with Crippen LogP contribution in [0, 0.1) is 11.8 Å². The van der Waals surface area contributed by atoms with Crippen molar-refractivity contribution >= 4 is 5.91 Å². The summed E-state index contributed by atoms with van der Waals surface area (Å²) in [4.78, 5) is 14.6. The Morgan fingerprint density at radius 3 is 2.63 bits per heavy atom. The van der Waals surface area contributed by atoms with E-state index in [-0.39, 0.29) is 5.91 Å². The van der Waals surface area contributed by atoms with E-state index in [0.29, 0.717) is 24.5 Å². The minimum atomic E-state index is 0.236. The first-order chi connectivity index (χ1) is 9.08. The molecule has 1 aliphatic carbocycles. The van der Waals surface area contributed by atoms with E-state index >= 15 is 0 Å². The van der Waals surface area contributed by atoms with E-state index in [2.05, 4.69) is 31.0 Å². The van der Waals surface area contributed by atoms with Crippen molar-refractivity contribution in [3.05, 3.63) is 0 Å². The Kier molecular flexibility index (Phi) is 5.26. The van der Waals surface area contributed by atoms with Gasteiger partial charge in [0.1, 0.15) is 0 Å². The predicted molar refractivity (Wildman–Crippen MR) is 79.0 cm³/mol. The third-order valence-corrected chi connectivity index (χ3v) is 5.34. The molecule has 1 aliphatic heterocycles. The molecule has 0 aromatic rings. The van der Waals surface area contributed by atoms with E-state index in [4.69, 9.17) is 0 Å². The molecule has 1 saturated heterocycles. The molecule has 1 N–H and O–H groups in total. The summed E-state index contributed by atoms with van der Waals surface area (Å²) in [6.07, 6.45) is 7.54. The lowest BCUT2D eigenvalue weighted by molar-refractivity contribution is -0.124. The van der Waals surface area contributed by atoms with Gasteiger partial charge in [-0.25, -0.2) is 0 Å². The average Bonchev–Trinajstić information content (AvgIpc) is 2.38. The molecule has 1 saturated carbocycles. The molecule has 2 fully saturated rings. The van der Waals surface area contributed by atoms with Crippen molar-refractivity contribution in [2.24, 2.45) is 11.8 Å². The lowest BCUT2D eigenvalue weighted by Gasteiger charge is -2.36. The molecule has 0 aromatic carbocycles. The van der Waals surface area contributed by atoms with Crippen LogP contribution in [0.15, 0.2) is 0 Å². The Hall–Kier alpha value is -0.570. The highest BCUT2D eigenvalue weighted by Gasteiger charge is 2.29. The molecule has 4 unspecified atom stereocenters. The molecule has 0 spiro atoms. The molecule has 1 heterocycles. The minimum Gasteiger partial charge on any atom is -0.352 e. The van der Waals surface area contributed by atoms with Crippen molar-refractivity contribution in [2.75, 3.05) is 13.1 Å². The molecule has 0 bridgehead atoms. The zero-order chi connectivity index (χ0) is 13.8. The predicted octanol–water partition coefficient (Wildman–Crippen LogP) is 2.80. The first-order valence-electron chi connectivity index (χ1n) is 8.11. The average molecular weight is 266 g/mol. The SMILES string of the molecule is CC1CCCC(NC(=O)CN2CCCCC2C)C1C. The van der Waals surface area contributed by atoms with Gasteiger partial charge in [0.15, 0.2) is 0 Å². The number of piperidine rings is 1. The van der Waals surface area contributed by atoms with Gasteiger partial charge in [-0.2, -0.15) is 0 Å². The fourth-order valence-corrected chi connectivity index (χ4v) is 3.62. The van der Waals surface area contributed by atoms with Gasteiger partial charge in [0.25, 0.3) is 0 Å². The molecular weight excluding hydrogens is 236 g/mol. The summed E-state index contributed by atoms with van der Waals surface area (Å²) in [5, 5.41) is 3.29. The summed E-state index contributed by atoms with van der Waals surface area (Å²) in [6, 6.07) is 0.971. The van der Waals surface area contributed by atoms with Crippen LogP contribution in [-0.2, 0) is 4.79 Å². The number of nitrogens with zero attached hydrogens (tertiary/aromatic N) is 1. The van der Waals surface area contributed by atoms with E-state index < -0.39 is 0 Å². The minimum absolute atomic E-state index is 0.236. The largest absolute Gasteiger partial charge is 0.352 e. The maximum atomic E-state index is 12.2. The van der Waals surface area contributed by atoms with E-state index in [9.17, 15) is 4.79 Å². The number of nitrogens with one attached hydrogen (secondary N) is 1. The van der Waals surface area contributed by atoms with Gasteiger partial charge in [-0.05, 0) is 44.6 Å². The second-order valence-electron chi connectivity index (χ2n) is 6.76. The van der Waals surface area contributed by atoms with Gasteiger partial charge in [0.05, 0.1) is 6.54 Å². The highest BCUT2D eigenvalue weighted by Crippen LogP contribution is 2.29. The van der Waals surface area contributed by atoms with Crippen LogP contribution >= 0.6 is 0 Å². The number of amides is 1. The third kappa shape index (κ3) is 3.95. The molecule has 110 valence electrons. The Bertz CT molecular complexity index is 305. The number of hydrogen-bond acceptors (Lipinski definition) is 2. The van der Waals surface area contributed by atoms with Crippen LogP contribution in [0.2, 0.25) is 0 Å². The quantitative estimate of drug-likeness (QED) is 0.852. The van der Waals surface area contributed by atoms with Crippen LogP contribution in [-0.4, -0.2) is 36.0 Å². The third-order valence-electron chi connectivity index (χ3n) is 5.34. The van der Waals surface area contributed by atoms with Crippen molar-refractivity contribution in [3.63, 3.8) is 0 Å². The number of carbonyl (C=O) groups is 1. The highest BCUT2D eigenvalue weighted by atomic mass is 16.2. The molecule has 19 heavy (non-hydrogen) atoms. The van der Waals surface area contributed by atoms with Crippen LogP contribution < -0.4 is 5.32 Å². The summed E-state index contributed by atoms with van der Waals surface area (Å²) in [7, 11) is 0. The van der Waals surface area contributed by atoms with Crippen LogP contribution in [0.4, 0.5) is 0 Å². The van der Waals surface area contributed by atoms with Gasteiger partial charge in [0, 0.05) is 12.1 Å². The Balaban J connectivity index is 1.80. The van der Waals surface area contributed by atoms with Crippen LogP contribution in [0.3, 0.4) is 0 Å². The molecule has 0 radical (unpaired) electrons. The smallest absolute Gasteiger partial charge is 0.234 e. The summed E-state index contributed by atoms with van der Waals surface area (Å²) in [5.41, 5.74) is 0. The number of hydrogen-bond donors (Lipinski definition) is 1. The van der Waals surface area contributed by atoms with E-state index in [1.165, 1.54) is 32.1 Å². The number of likely N-dealkylation sites (tertiary alicyclic amines) is 1. The monoisotopic (exact) mass is 266 g/mol. The van der Waals surface area contributed by atoms with Gasteiger partial charge in [-0.15, -0.1) is 0 Å². The summed E-state index contributed by atoms with van der Waals surface area (Å²) in [5.74, 6) is 1.60. The van der Waals surface area contributed by atoms with Crippen molar-refractivity contribution in [2.45, 2.75) is 71.4 Å². The fraction of sp³-hybridized carbons (Fsp3) is 0.938. The van der Waals surface area contributed by atoms with E-state index in [1.54, 1.807) is 0 Å². The Morgan fingerprint density at radius 2 is 1.89 bits per heavy atom. The Morgan fingerprint density at radius 1 is 1.11 bits per heavy atom. The van der Waals surface area contributed by atoms with Gasteiger partial charge in [0.2, 0.25) is 5.91 Å². The number of rotatable bonds is 3. The summed E-state index contributed by atoms with van der Waals surface area (Å²) >= 11 is 0. The van der Waals surface area contributed by atoms with Crippen LogP contribution in [0.5, 0.6) is 0 Å². The molecule has 2 aliphatic rings. The standard InChI is InChI=1S/C16H30N2O/c1-12-7-6-9-15(14(12)3)17-16(19)11-18-10-5-4-8-13(18)2/h12-15H,4-11H2,1-3H3,(H,17,19). The van der Waals surface area contributed by atoms with Gasteiger partial charge >= 0.3 is 0 Å². The van der Waals surface area contributed by atoms with Crippen molar-refractivity contribution in [3.8, 4) is 0 Å². The first-order valence-corrected chi connectivity index (χ1v) is 8.11. The lowest BCUT2D eigenvalue weighted by atomic mass is 9.78. The normalized spacial score (nSPS) is 37.0. The number of carbonyl (C=O) groups excluding carboxylic acids is 1. The molecule has 3 nitrogen and oxygen atoms in total.